The average molecular weight is 635 g/mol. The van der Waals surface area contributed by atoms with E-state index in [1.165, 1.54) is 26.6 Å². The normalized spacial score (nSPS) is 23.4. The van der Waals surface area contributed by atoms with Gasteiger partial charge in [-0.05, 0) is 38.4 Å². The first kappa shape index (κ1) is 35.3. The van der Waals surface area contributed by atoms with Crippen molar-refractivity contribution in [1.82, 2.24) is 14.5 Å². The van der Waals surface area contributed by atoms with E-state index in [0.717, 1.165) is 10.8 Å². The van der Waals surface area contributed by atoms with E-state index in [2.05, 4.69) is 46.3 Å². The summed E-state index contributed by atoms with van der Waals surface area (Å²) in [6.07, 6.45) is -3.96. The Morgan fingerprint density at radius 1 is 1.18 bits per heavy atom. The third kappa shape index (κ3) is 9.15. The van der Waals surface area contributed by atoms with Gasteiger partial charge in [0.15, 0.2) is 0 Å². The molecule has 1 aromatic heterocycles. The van der Waals surface area contributed by atoms with E-state index in [4.69, 9.17) is 19.4 Å². The molecule has 1 aliphatic heterocycles. The van der Waals surface area contributed by atoms with Gasteiger partial charge < -0.3 is 33.7 Å². The van der Waals surface area contributed by atoms with Crippen molar-refractivity contribution < 1.29 is 55.4 Å². The van der Waals surface area contributed by atoms with Crippen LogP contribution in [-0.4, -0.2) is 77.9 Å². The lowest BCUT2D eigenvalue weighted by Crippen LogP contribution is -2.33. The fourth-order valence-corrected chi connectivity index (χ4v) is 7.70. The van der Waals surface area contributed by atoms with Crippen LogP contribution in [0.4, 0.5) is 13.2 Å². The maximum Gasteiger partial charge on any atom is 0.444 e. The molecule has 21 heteroatoms. The number of H-pyrrole nitrogens is 1. The minimum Gasteiger partial charge on any atom is -0.349 e. The van der Waals surface area contributed by atoms with Crippen LogP contribution in [0.1, 0.15) is 39.0 Å². The van der Waals surface area contributed by atoms with Crippen molar-refractivity contribution in [1.29, 1.82) is 0 Å². The van der Waals surface area contributed by atoms with Crippen LogP contribution in [0, 0.1) is 6.92 Å². The molecule has 14 nitrogen and oxygen atoms in total. The molecule has 1 aromatic rings. The van der Waals surface area contributed by atoms with Gasteiger partial charge in [-0.15, -0.1) is 0 Å². The summed E-state index contributed by atoms with van der Waals surface area (Å²) in [5.74, 6) is 0. The number of hydrogen-bond donors (Lipinski definition) is 5. The summed E-state index contributed by atoms with van der Waals surface area (Å²) in [6.45, 7) is 5.46. The van der Waals surface area contributed by atoms with Gasteiger partial charge in [0.05, 0.1) is 6.61 Å². The van der Waals surface area contributed by atoms with Crippen LogP contribution in [-0.2, 0) is 34.5 Å². The fraction of sp³-hybridized carbons (Fsp3) is 0.765. The molecule has 0 spiro atoms. The molecular formula is C17H31F3N3O11P3S. The van der Waals surface area contributed by atoms with Gasteiger partial charge in [0.25, 0.3) is 5.56 Å². The summed E-state index contributed by atoms with van der Waals surface area (Å²) in [5.41, 5.74) is -1.47. The first-order valence-electron chi connectivity index (χ1n) is 11.0. The highest BCUT2D eigenvalue weighted by molar-refractivity contribution is 8.08. The second kappa shape index (κ2) is 13.7. The van der Waals surface area contributed by atoms with Gasteiger partial charge in [0.1, 0.15) is 18.5 Å². The van der Waals surface area contributed by atoms with Crippen LogP contribution in [0.2, 0.25) is 0 Å². The minimum absolute atomic E-state index is 0.113. The van der Waals surface area contributed by atoms with Crippen molar-refractivity contribution in [2.45, 2.75) is 58.0 Å². The predicted molar refractivity (Wildman–Crippen MR) is 133 cm³/mol. The Morgan fingerprint density at radius 2 is 1.71 bits per heavy atom. The lowest BCUT2D eigenvalue weighted by atomic mass is 10.2. The fourth-order valence-electron chi connectivity index (χ4n) is 3.03. The molecular weight excluding hydrogens is 604 g/mol. The number of nitrogens with zero attached hydrogens (tertiary/aromatic N) is 2. The van der Waals surface area contributed by atoms with Crippen molar-refractivity contribution in [3.05, 3.63) is 32.6 Å². The zero-order valence-corrected chi connectivity index (χ0v) is 24.3. The second-order valence-corrected chi connectivity index (χ2v) is 14.7. The van der Waals surface area contributed by atoms with Gasteiger partial charge in [0, 0.05) is 18.2 Å². The number of rotatable bonds is 11. The number of aromatic amines is 1. The predicted octanol–water partition coefficient (Wildman–Crippen LogP) is 1.98. The van der Waals surface area contributed by atoms with E-state index >= 15 is 0 Å². The van der Waals surface area contributed by atoms with Crippen LogP contribution < -0.4 is 11.2 Å². The average Bonchev–Trinajstić information content (AvgIpc) is 3.15. The van der Waals surface area contributed by atoms with E-state index in [1.807, 2.05) is 4.98 Å². The smallest absolute Gasteiger partial charge is 0.349 e. The number of aromatic nitrogens is 2. The lowest BCUT2D eigenvalue weighted by molar-refractivity contribution is -0.0326. The molecule has 38 heavy (non-hydrogen) atoms. The zero-order valence-electron chi connectivity index (χ0n) is 20.8. The summed E-state index contributed by atoms with van der Waals surface area (Å²) < 4.78 is 77.7. The SMILES string of the molecule is CCN(CC)CC.Cc1cn([C@H]2C[C@H](F)[C@@H](COP(O)(=S)OP(=O)(O)C(F)(F)P(=O)(O)O)O2)c(=O)[nH]c1=O. The number of alkyl halides is 3. The third-order valence-corrected chi connectivity index (χ3v) is 11.3. The minimum atomic E-state index is -6.53. The van der Waals surface area contributed by atoms with Gasteiger partial charge in [0.2, 0.25) is 0 Å². The Bertz CT molecular complexity index is 1200. The van der Waals surface area contributed by atoms with Crippen LogP contribution in [0.15, 0.2) is 15.8 Å². The number of halogens is 3. The summed E-state index contributed by atoms with van der Waals surface area (Å²) in [4.78, 5) is 63.5. The molecule has 222 valence electrons. The van der Waals surface area contributed by atoms with Crippen LogP contribution in [0.5, 0.6) is 0 Å². The Morgan fingerprint density at radius 3 is 2.16 bits per heavy atom. The Balaban J connectivity index is 0.000000905. The standard InChI is InChI=1S/C11H16F3N2O11P3S.C6H15N/c1-5-3-16(10(18)15-9(5)17)8-2-6(12)7(26-8)4-25-30(24,31)27-29(22,23)11(13,14)28(19,20)21;1-4-7(5-2)6-3/h3,6-8H,2,4H2,1H3,(H,22,23)(H,24,31)(H,15,17,18)(H2,19,20,21);4-6H2,1-3H3/t6-,7+,8+,30?;/m0./s1. The van der Waals surface area contributed by atoms with E-state index in [9.17, 15) is 36.8 Å². The highest BCUT2D eigenvalue weighted by atomic mass is 32.5. The Labute approximate surface area is 220 Å². The summed E-state index contributed by atoms with van der Waals surface area (Å²) in [5, 5.41) is -5.60. The van der Waals surface area contributed by atoms with Crippen molar-refractivity contribution in [2.24, 2.45) is 0 Å². The van der Waals surface area contributed by atoms with Gasteiger partial charge in [-0.2, -0.15) is 8.78 Å². The molecule has 0 saturated carbocycles. The first-order chi connectivity index (χ1) is 17.2. The van der Waals surface area contributed by atoms with Crippen LogP contribution >= 0.6 is 21.9 Å². The van der Waals surface area contributed by atoms with Crippen molar-refractivity contribution in [2.75, 3.05) is 26.2 Å². The lowest BCUT2D eigenvalue weighted by Gasteiger charge is -2.26. The maximum atomic E-state index is 14.2. The van der Waals surface area contributed by atoms with E-state index in [-0.39, 0.29) is 5.56 Å². The molecule has 0 aromatic carbocycles. The number of nitrogens with one attached hydrogen (secondary N) is 1. The quantitative estimate of drug-likeness (QED) is 0.221. The molecule has 2 rings (SSSR count). The summed E-state index contributed by atoms with van der Waals surface area (Å²) >= 11 is 4.26. The monoisotopic (exact) mass is 635 g/mol. The van der Waals surface area contributed by atoms with Gasteiger partial charge in [-0.25, -0.2) is 13.5 Å². The van der Waals surface area contributed by atoms with Crippen LogP contribution in [0.3, 0.4) is 0 Å². The second-order valence-electron chi connectivity index (χ2n) is 7.90. The van der Waals surface area contributed by atoms with Crippen LogP contribution in [0.25, 0.3) is 0 Å². The third-order valence-electron chi connectivity index (χ3n) is 5.27. The number of ether oxygens (including phenoxy) is 1. The highest BCUT2D eigenvalue weighted by Crippen LogP contribution is 2.77. The maximum absolute atomic E-state index is 14.2. The zero-order chi connectivity index (χ0) is 29.7. The molecule has 0 amide bonds. The van der Waals surface area contributed by atoms with E-state index in [0.29, 0.717) is 0 Å². The van der Waals surface area contributed by atoms with Gasteiger partial charge in [-0.1, -0.05) is 20.8 Å². The topological polar surface area (TPSA) is 201 Å². The molecule has 5 atom stereocenters. The molecule has 0 radical (unpaired) electrons. The molecule has 5 N–H and O–H groups in total. The molecule has 1 aliphatic rings. The molecule has 1 fully saturated rings. The van der Waals surface area contributed by atoms with Crippen molar-refractivity contribution >= 4 is 33.7 Å². The summed E-state index contributed by atoms with van der Waals surface area (Å²) in [6, 6.07) is 0. The Kier molecular flexibility index (Phi) is 12.8. The highest BCUT2D eigenvalue weighted by Gasteiger charge is 2.66. The van der Waals surface area contributed by atoms with Crippen molar-refractivity contribution in [3.8, 4) is 0 Å². The molecule has 0 aliphatic carbocycles. The van der Waals surface area contributed by atoms with E-state index < -0.39 is 70.1 Å². The van der Waals surface area contributed by atoms with Gasteiger partial charge in [-0.3, -0.25) is 23.5 Å². The van der Waals surface area contributed by atoms with E-state index in [1.54, 1.807) is 0 Å². The summed E-state index contributed by atoms with van der Waals surface area (Å²) in [7, 11) is -13.0. The largest absolute Gasteiger partial charge is 0.444 e. The Hall–Kier alpha value is -0.740. The molecule has 2 unspecified atom stereocenters. The molecule has 0 bridgehead atoms. The van der Waals surface area contributed by atoms with Gasteiger partial charge >= 0.3 is 33.0 Å². The molecule has 2 heterocycles. The number of hydrogen-bond acceptors (Lipinski definition) is 9. The first-order valence-corrected chi connectivity index (χ1v) is 16.8. The van der Waals surface area contributed by atoms with Crippen molar-refractivity contribution in [3.63, 3.8) is 0 Å². The number of aryl methyl sites for hydroxylation is 1. The molecule has 1 saturated heterocycles.